The van der Waals surface area contributed by atoms with Gasteiger partial charge in [0.05, 0.1) is 10.6 Å². The fourth-order valence-electron chi connectivity index (χ4n) is 4.30. The molecule has 188 valence electrons. The first kappa shape index (κ1) is 25.6. The number of piperidine rings is 1. The van der Waals surface area contributed by atoms with Crippen LogP contribution in [0.15, 0.2) is 94.9 Å². The molecule has 8 heteroatoms. The van der Waals surface area contributed by atoms with Crippen LogP contribution in [-0.2, 0) is 27.8 Å². The average molecular weight is 505 g/mol. The molecule has 7 nitrogen and oxygen atoms in total. The predicted octanol–water partition coefficient (Wildman–Crippen LogP) is 4.21. The summed E-state index contributed by atoms with van der Waals surface area (Å²) < 4.78 is 28.2. The molecule has 4 rings (SSSR count). The molecule has 3 aromatic rings. The third-order valence-corrected chi connectivity index (χ3v) is 8.05. The Labute approximate surface area is 213 Å². The normalized spacial score (nSPS) is 14.3. The van der Waals surface area contributed by atoms with Crippen LogP contribution >= 0.6 is 0 Å². The third kappa shape index (κ3) is 6.38. The van der Waals surface area contributed by atoms with Crippen LogP contribution in [0.5, 0.6) is 0 Å². The SMILES string of the molecule is CCc1ccccc1N(CC(=O)NN=C1CCN(Cc2ccccc2)CC1)S(=O)(=O)c1ccccc1. The van der Waals surface area contributed by atoms with E-state index in [1.165, 1.54) is 22.0 Å². The lowest BCUT2D eigenvalue weighted by molar-refractivity contribution is -0.119. The van der Waals surface area contributed by atoms with E-state index in [0.717, 1.165) is 43.8 Å². The van der Waals surface area contributed by atoms with Gasteiger partial charge in [-0.2, -0.15) is 5.10 Å². The summed E-state index contributed by atoms with van der Waals surface area (Å²) in [5, 5.41) is 4.34. The Hall–Kier alpha value is -3.49. The van der Waals surface area contributed by atoms with E-state index < -0.39 is 15.9 Å². The number of carbonyl (C=O) groups is 1. The first-order valence-electron chi connectivity index (χ1n) is 12.2. The van der Waals surface area contributed by atoms with E-state index in [1.807, 2.05) is 37.3 Å². The highest BCUT2D eigenvalue weighted by atomic mass is 32.2. The molecule has 1 aliphatic heterocycles. The molecule has 0 atom stereocenters. The Morgan fingerprint density at radius 2 is 1.53 bits per heavy atom. The van der Waals surface area contributed by atoms with E-state index in [9.17, 15) is 13.2 Å². The van der Waals surface area contributed by atoms with Crippen LogP contribution in [0.25, 0.3) is 0 Å². The van der Waals surface area contributed by atoms with Crippen molar-refractivity contribution < 1.29 is 13.2 Å². The largest absolute Gasteiger partial charge is 0.298 e. The van der Waals surface area contributed by atoms with Crippen molar-refractivity contribution in [2.45, 2.75) is 37.6 Å². The monoisotopic (exact) mass is 504 g/mol. The summed E-state index contributed by atoms with van der Waals surface area (Å²) in [7, 11) is -3.94. The lowest BCUT2D eigenvalue weighted by Gasteiger charge is -2.28. The first-order chi connectivity index (χ1) is 17.5. The molecule has 3 aromatic carbocycles. The maximum absolute atomic E-state index is 13.5. The van der Waals surface area contributed by atoms with Crippen molar-refractivity contribution >= 4 is 27.3 Å². The fourth-order valence-corrected chi connectivity index (χ4v) is 5.78. The number of hydrazone groups is 1. The molecule has 0 bridgehead atoms. The summed E-state index contributed by atoms with van der Waals surface area (Å²) in [6, 6.07) is 25.8. The Kier molecular flexibility index (Phi) is 8.51. The highest BCUT2D eigenvalue weighted by Gasteiger charge is 2.28. The Morgan fingerprint density at radius 3 is 2.19 bits per heavy atom. The van der Waals surface area contributed by atoms with Crippen LogP contribution in [0, 0.1) is 0 Å². The second-order valence-electron chi connectivity index (χ2n) is 8.78. The minimum Gasteiger partial charge on any atom is -0.298 e. The van der Waals surface area contributed by atoms with Gasteiger partial charge in [0.1, 0.15) is 6.54 Å². The molecule has 1 amide bonds. The quantitative estimate of drug-likeness (QED) is 0.443. The number of sulfonamides is 1. The zero-order valence-electron chi connectivity index (χ0n) is 20.5. The number of para-hydroxylation sites is 1. The molecule has 0 saturated carbocycles. The van der Waals surface area contributed by atoms with Crippen LogP contribution < -0.4 is 9.73 Å². The Balaban J connectivity index is 1.44. The molecule has 1 fully saturated rings. The number of anilines is 1. The van der Waals surface area contributed by atoms with Crippen LogP contribution in [0.2, 0.25) is 0 Å². The van der Waals surface area contributed by atoms with E-state index in [4.69, 9.17) is 0 Å². The van der Waals surface area contributed by atoms with Crippen LogP contribution in [0.1, 0.15) is 30.9 Å². The van der Waals surface area contributed by atoms with Gasteiger partial charge in [-0.05, 0) is 35.7 Å². The fraction of sp³-hybridized carbons (Fsp3) is 0.286. The number of likely N-dealkylation sites (tertiary alicyclic amines) is 1. The maximum atomic E-state index is 13.5. The highest BCUT2D eigenvalue weighted by Crippen LogP contribution is 2.27. The van der Waals surface area contributed by atoms with Gasteiger partial charge in [0.15, 0.2) is 0 Å². The number of carbonyl (C=O) groups excluding carboxylic acids is 1. The van der Waals surface area contributed by atoms with Crippen molar-refractivity contribution in [2.24, 2.45) is 5.10 Å². The summed E-state index contributed by atoms with van der Waals surface area (Å²) in [5.74, 6) is -0.473. The number of benzene rings is 3. The van der Waals surface area contributed by atoms with E-state index in [1.54, 1.807) is 30.3 Å². The van der Waals surface area contributed by atoms with Gasteiger partial charge in [-0.3, -0.25) is 14.0 Å². The molecule has 1 heterocycles. The summed E-state index contributed by atoms with van der Waals surface area (Å²) in [5.41, 5.74) is 6.14. The lowest BCUT2D eigenvalue weighted by atomic mass is 10.1. The Morgan fingerprint density at radius 1 is 0.917 bits per heavy atom. The van der Waals surface area contributed by atoms with Gasteiger partial charge in [0, 0.05) is 38.2 Å². The van der Waals surface area contributed by atoms with Gasteiger partial charge in [-0.15, -0.1) is 0 Å². The van der Waals surface area contributed by atoms with E-state index in [-0.39, 0.29) is 11.4 Å². The first-order valence-corrected chi connectivity index (χ1v) is 13.7. The molecule has 0 spiro atoms. The number of amides is 1. The molecule has 1 saturated heterocycles. The van der Waals surface area contributed by atoms with Gasteiger partial charge in [-0.1, -0.05) is 73.7 Å². The highest BCUT2D eigenvalue weighted by molar-refractivity contribution is 7.92. The van der Waals surface area contributed by atoms with Crippen molar-refractivity contribution in [2.75, 3.05) is 23.9 Å². The predicted molar refractivity (Wildman–Crippen MR) is 143 cm³/mol. The van der Waals surface area contributed by atoms with Gasteiger partial charge in [0.25, 0.3) is 15.9 Å². The topological polar surface area (TPSA) is 82.1 Å². The van der Waals surface area contributed by atoms with Gasteiger partial charge < -0.3 is 0 Å². The van der Waals surface area contributed by atoms with Crippen LogP contribution in [0.4, 0.5) is 5.69 Å². The minimum absolute atomic E-state index is 0.140. The molecule has 36 heavy (non-hydrogen) atoms. The lowest BCUT2D eigenvalue weighted by Crippen LogP contribution is -2.40. The zero-order chi connectivity index (χ0) is 25.4. The Bertz CT molecular complexity index is 1280. The number of hydrogen-bond acceptors (Lipinski definition) is 5. The molecule has 1 aliphatic rings. The average Bonchev–Trinajstić information content (AvgIpc) is 2.92. The van der Waals surface area contributed by atoms with Crippen molar-refractivity contribution in [1.82, 2.24) is 10.3 Å². The number of aryl methyl sites for hydroxylation is 1. The van der Waals surface area contributed by atoms with Crippen LogP contribution in [0.3, 0.4) is 0 Å². The molecule has 0 unspecified atom stereocenters. The maximum Gasteiger partial charge on any atom is 0.264 e. The third-order valence-electron chi connectivity index (χ3n) is 6.28. The molecule has 0 aliphatic carbocycles. The molecule has 0 radical (unpaired) electrons. The summed E-state index contributed by atoms with van der Waals surface area (Å²) >= 11 is 0. The van der Waals surface area contributed by atoms with Gasteiger partial charge >= 0.3 is 0 Å². The van der Waals surface area contributed by atoms with Crippen molar-refractivity contribution in [3.05, 3.63) is 96.1 Å². The van der Waals surface area contributed by atoms with Gasteiger partial charge in [0.2, 0.25) is 0 Å². The van der Waals surface area contributed by atoms with E-state index in [2.05, 4.69) is 27.6 Å². The number of hydrogen-bond donors (Lipinski definition) is 1. The van der Waals surface area contributed by atoms with Crippen LogP contribution in [-0.4, -0.2) is 44.6 Å². The molecule has 0 aromatic heterocycles. The summed E-state index contributed by atoms with van der Waals surface area (Å²) in [6.45, 7) is 4.22. The zero-order valence-corrected chi connectivity index (χ0v) is 21.3. The molecule has 1 N–H and O–H groups in total. The van der Waals surface area contributed by atoms with Crippen molar-refractivity contribution in [1.29, 1.82) is 0 Å². The molecular formula is C28H32N4O3S. The number of nitrogens with one attached hydrogen (secondary N) is 1. The van der Waals surface area contributed by atoms with E-state index >= 15 is 0 Å². The summed E-state index contributed by atoms with van der Waals surface area (Å²) in [6.07, 6.45) is 2.16. The van der Waals surface area contributed by atoms with Crippen molar-refractivity contribution in [3.63, 3.8) is 0 Å². The number of nitrogens with zero attached hydrogens (tertiary/aromatic N) is 3. The number of rotatable bonds is 9. The summed E-state index contributed by atoms with van der Waals surface area (Å²) in [4.78, 5) is 15.4. The van der Waals surface area contributed by atoms with Crippen molar-refractivity contribution in [3.8, 4) is 0 Å². The smallest absolute Gasteiger partial charge is 0.264 e. The second kappa shape index (κ2) is 12.0. The molecular weight excluding hydrogens is 472 g/mol. The second-order valence-corrected chi connectivity index (χ2v) is 10.6. The van der Waals surface area contributed by atoms with E-state index in [0.29, 0.717) is 12.1 Å². The standard InChI is InChI=1S/C28H32N4O3S/c1-2-24-13-9-10-16-27(24)32(36(34,35)26-14-7-4-8-15-26)22-28(33)30-29-25-17-19-31(20-18-25)21-23-11-5-3-6-12-23/h3-16H,2,17-22H2,1H3,(H,30,33). The van der Waals surface area contributed by atoms with Gasteiger partial charge in [-0.25, -0.2) is 13.8 Å². The minimum atomic E-state index is -3.94.